The monoisotopic (exact) mass is 559 g/mol. The number of ether oxygens (including phenoxy) is 1. The van der Waals surface area contributed by atoms with Gasteiger partial charge in [0.15, 0.2) is 5.03 Å². The molecular formula is C23H31Cl2N5O5S. The van der Waals surface area contributed by atoms with Crippen LogP contribution in [0.25, 0.3) is 0 Å². The molecule has 198 valence electrons. The van der Waals surface area contributed by atoms with Crippen LogP contribution < -0.4 is 4.72 Å². The second kappa shape index (κ2) is 10.5. The van der Waals surface area contributed by atoms with E-state index in [1.165, 1.54) is 29.1 Å². The Labute approximate surface area is 221 Å². The van der Waals surface area contributed by atoms with Crippen molar-refractivity contribution in [2.75, 3.05) is 6.54 Å². The minimum Gasteiger partial charge on any atom is -0.444 e. The molecule has 13 heteroatoms. The zero-order valence-corrected chi connectivity index (χ0v) is 23.2. The summed E-state index contributed by atoms with van der Waals surface area (Å²) in [6, 6.07) is 3.96. The van der Waals surface area contributed by atoms with Gasteiger partial charge in [0.25, 0.3) is 15.9 Å². The summed E-state index contributed by atoms with van der Waals surface area (Å²) in [5.41, 5.74) is -1.03. The maximum Gasteiger partial charge on any atom is 0.410 e. The Morgan fingerprint density at radius 1 is 1.22 bits per heavy atom. The van der Waals surface area contributed by atoms with Gasteiger partial charge in [-0.25, -0.2) is 14.5 Å². The van der Waals surface area contributed by atoms with Crippen LogP contribution in [0.3, 0.4) is 0 Å². The fraction of sp³-hybridized carbons (Fsp3) is 0.565. The topological polar surface area (TPSA) is 123 Å². The zero-order valence-electron chi connectivity index (χ0n) is 20.9. The molecule has 1 fully saturated rings. The molecule has 2 aromatic rings. The summed E-state index contributed by atoms with van der Waals surface area (Å²) < 4.78 is 34.6. The number of nitrogens with zero attached hydrogens (tertiary/aromatic N) is 4. The van der Waals surface area contributed by atoms with Crippen molar-refractivity contribution in [1.29, 1.82) is 0 Å². The molecule has 0 radical (unpaired) electrons. The lowest BCUT2D eigenvalue weighted by atomic mass is 9.93. The van der Waals surface area contributed by atoms with Crippen molar-refractivity contribution in [2.24, 2.45) is 5.92 Å². The number of amides is 2. The van der Waals surface area contributed by atoms with Crippen LogP contribution in [-0.2, 0) is 21.3 Å². The fourth-order valence-electron chi connectivity index (χ4n) is 4.28. The van der Waals surface area contributed by atoms with E-state index in [2.05, 4.69) is 10.1 Å². The molecule has 10 nitrogen and oxygen atoms in total. The van der Waals surface area contributed by atoms with Gasteiger partial charge in [-0.1, -0.05) is 23.2 Å². The molecule has 3 rings (SSSR count). The highest BCUT2D eigenvalue weighted by molar-refractivity contribution is 7.90. The molecule has 0 spiro atoms. The van der Waals surface area contributed by atoms with Gasteiger partial charge in [0.2, 0.25) is 0 Å². The molecule has 1 saturated heterocycles. The third-order valence-corrected chi connectivity index (χ3v) is 7.65. The molecule has 0 aliphatic carbocycles. The number of hydrogen-bond acceptors (Lipinski definition) is 7. The smallest absolute Gasteiger partial charge is 0.410 e. The Balaban J connectivity index is 1.61. The van der Waals surface area contributed by atoms with E-state index in [4.69, 9.17) is 27.9 Å². The Kier molecular flexibility index (Phi) is 8.26. The Bertz CT molecular complexity index is 1240. The van der Waals surface area contributed by atoms with Gasteiger partial charge < -0.3 is 9.64 Å². The molecule has 1 aliphatic rings. The lowest BCUT2D eigenvalue weighted by molar-refractivity contribution is 0.0130. The van der Waals surface area contributed by atoms with E-state index in [0.29, 0.717) is 19.5 Å². The minimum atomic E-state index is -4.22. The van der Waals surface area contributed by atoms with E-state index in [-0.39, 0.29) is 38.4 Å². The van der Waals surface area contributed by atoms with Crippen LogP contribution in [0.1, 0.15) is 64.2 Å². The lowest BCUT2D eigenvalue weighted by Crippen LogP contribution is -2.45. The first-order chi connectivity index (χ1) is 16.6. The molecule has 0 aromatic carbocycles. The molecule has 1 aliphatic heterocycles. The Morgan fingerprint density at radius 3 is 2.56 bits per heavy atom. The summed E-state index contributed by atoms with van der Waals surface area (Å²) in [5, 5.41) is 3.85. The van der Waals surface area contributed by atoms with Crippen LogP contribution in [0.2, 0.25) is 10.3 Å². The lowest BCUT2D eigenvalue weighted by Gasteiger charge is -2.33. The molecule has 36 heavy (non-hydrogen) atoms. The standard InChI is InChI=1S/C23H31Cl2N5O5S/c1-22(2,3)35-21(32)29-14-15(13-23(29,4)5)7-6-12-30-18(10-11-26-30)36(33,34)28-20(31)16-8-9-17(24)27-19(16)25/h8-11,15H,6-7,12-14H2,1-5H3,(H,28,31). The number of aromatic nitrogens is 3. The predicted molar refractivity (Wildman–Crippen MR) is 135 cm³/mol. The van der Waals surface area contributed by atoms with Crippen molar-refractivity contribution in [2.45, 2.75) is 76.6 Å². The Hall–Kier alpha value is -2.37. The summed E-state index contributed by atoms with van der Waals surface area (Å²) >= 11 is 11.7. The maximum atomic E-state index is 12.9. The van der Waals surface area contributed by atoms with Gasteiger partial charge in [0.1, 0.15) is 15.9 Å². The van der Waals surface area contributed by atoms with Gasteiger partial charge in [-0.15, -0.1) is 0 Å². The third kappa shape index (κ3) is 6.89. The number of carbonyl (C=O) groups is 2. The second-order valence-corrected chi connectivity index (χ2v) is 12.8. The van der Waals surface area contributed by atoms with Crippen LogP contribution in [0.4, 0.5) is 4.79 Å². The zero-order chi connectivity index (χ0) is 26.9. The van der Waals surface area contributed by atoms with Crippen molar-refractivity contribution in [3.63, 3.8) is 0 Å². The summed E-state index contributed by atoms with van der Waals surface area (Å²) in [6.45, 7) is 10.4. The van der Waals surface area contributed by atoms with E-state index >= 15 is 0 Å². The summed E-state index contributed by atoms with van der Waals surface area (Å²) in [7, 11) is -4.22. The maximum absolute atomic E-state index is 12.9. The third-order valence-electron chi connectivity index (χ3n) is 5.80. The van der Waals surface area contributed by atoms with Gasteiger partial charge in [-0.3, -0.25) is 9.48 Å². The van der Waals surface area contributed by atoms with E-state index < -0.39 is 21.5 Å². The number of halogens is 2. The van der Waals surface area contributed by atoms with E-state index in [1.807, 2.05) is 39.3 Å². The highest BCUT2D eigenvalue weighted by Crippen LogP contribution is 2.36. The van der Waals surface area contributed by atoms with Crippen LogP contribution >= 0.6 is 23.2 Å². The van der Waals surface area contributed by atoms with Crippen LogP contribution in [0.15, 0.2) is 29.4 Å². The summed E-state index contributed by atoms with van der Waals surface area (Å²) in [6.07, 6.45) is 3.23. The van der Waals surface area contributed by atoms with Gasteiger partial charge in [-0.05, 0) is 78.0 Å². The first-order valence-corrected chi connectivity index (χ1v) is 13.7. The molecule has 1 atom stereocenters. The number of sulfonamides is 1. The number of hydrogen-bond donors (Lipinski definition) is 1. The molecule has 1 unspecified atom stereocenters. The van der Waals surface area contributed by atoms with Gasteiger partial charge in [0, 0.05) is 18.6 Å². The molecule has 0 bridgehead atoms. The number of rotatable bonds is 7. The van der Waals surface area contributed by atoms with Crippen LogP contribution in [0, 0.1) is 5.92 Å². The van der Waals surface area contributed by atoms with E-state index in [0.717, 1.165) is 12.8 Å². The second-order valence-electron chi connectivity index (χ2n) is 10.4. The highest BCUT2D eigenvalue weighted by atomic mass is 35.5. The first-order valence-electron chi connectivity index (χ1n) is 11.5. The highest BCUT2D eigenvalue weighted by Gasteiger charge is 2.42. The van der Waals surface area contributed by atoms with E-state index in [9.17, 15) is 18.0 Å². The Morgan fingerprint density at radius 2 is 1.92 bits per heavy atom. The van der Waals surface area contributed by atoms with Gasteiger partial charge >= 0.3 is 6.09 Å². The number of carbonyl (C=O) groups excluding carboxylic acids is 2. The summed E-state index contributed by atoms with van der Waals surface area (Å²) in [5.74, 6) is -0.685. The minimum absolute atomic E-state index is 0.0809. The molecule has 1 N–H and O–H groups in total. The number of pyridine rings is 1. The van der Waals surface area contributed by atoms with Crippen LogP contribution in [-0.4, -0.2) is 57.8 Å². The van der Waals surface area contributed by atoms with Crippen LogP contribution in [0.5, 0.6) is 0 Å². The largest absolute Gasteiger partial charge is 0.444 e. The molecule has 2 aromatic heterocycles. The number of nitrogens with one attached hydrogen (secondary N) is 1. The number of likely N-dealkylation sites (tertiary alicyclic amines) is 1. The molecule has 2 amide bonds. The van der Waals surface area contributed by atoms with Crippen molar-refractivity contribution >= 4 is 45.2 Å². The molecule has 0 saturated carbocycles. The van der Waals surface area contributed by atoms with E-state index in [1.54, 1.807) is 4.90 Å². The predicted octanol–water partition coefficient (Wildman–Crippen LogP) is 4.52. The van der Waals surface area contributed by atoms with Crippen molar-refractivity contribution in [3.05, 3.63) is 40.3 Å². The normalized spacial score (nSPS) is 17.8. The van der Waals surface area contributed by atoms with Crippen molar-refractivity contribution in [3.8, 4) is 0 Å². The van der Waals surface area contributed by atoms with Gasteiger partial charge in [-0.2, -0.15) is 13.5 Å². The first kappa shape index (κ1) is 28.2. The molecule has 3 heterocycles. The SMILES string of the molecule is CC(C)(C)OC(=O)N1CC(CCCn2nccc2S(=O)(=O)NC(=O)c2ccc(Cl)nc2Cl)CC1(C)C. The number of aryl methyl sites for hydroxylation is 1. The van der Waals surface area contributed by atoms with Crippen molar-refractivity contribution < 1.29 is 22.7 Å². The molecular weight excluding hydrogens is 529 g/mol. The average Bonchev–Trinajstić information content (AvgIpc) is 3.30. The van der Waals surface area contributed by atoms with Gasteiger partial charge in [0.05, 0.1) is 11.8 Å². The summed E-state index contributed by atoms with van der Waals surface area (Å²) in [4.78, 5) is 30.6. The fourth-order valence-corrected chi connectivity index (χ4v) is 5.82. The quantitative estimate of drug-likeness (QED) is 0.494. The van der Waals surface area contributed by atoms with Crippen molar-refractivity contribution in [1.82, 2.24) is 24.4 Å². The average molecular weight is 561 g/mol.